The van der Waals surface area contributed by atoms with E-state index in [4.69, 9.17) is 9.26 Å². The van der Waals surface area contributed by atoms with E-state index in [1.54, 1.807) is 42.5 Å². The number of rotatable bonds is 5. The van der Waals surface area contributed by atoms with Crippen molar-refractivity contribution >= 4 is 5.97 Å². The van der Waals surface area contributed by atoms with Gasteiger partial charge in [0, 0.05) is 36.8 Å². The van der Waals surface area contributed by atoms with Crippen molar-refractivity contribution in [3.05, 3.63) is 72.4 Å². The molecule has 3 aromatic heterocycles. The third-order valence-corrected chi connectivity index (χ3v) is 3.82. The zero-order chi connectivity index (χ0) is 18.6. The van der Waals surface area contributed by atoms with Crippen molar-refractivity contribution in [2.45, 2.75) is 6.61 Å². The Morgan fingerprint density at radius 1 is 1.11 bits per heavy atom. The number of esters is 1. The first-order chi connectivity index (χ1) is 13.2. The summed E-state index contributed by atoms with van der Waals surface area (Å²) >= 11 is 0. The van der Waals surface area contributed by atoms with Gasteiger partial charge in [0.1, 0.15) is 11.3 Å². The van der Waals surface area contributed by atoms with Crippen molar-refractivity contribution in [2.24, 2.45) is 7.05 Å². The van der Waals surface area contributed by atoms with Crippen LogP contribution in [0.5, 0.6) is 0 Å². The Bertz CT molecular complexity index is 1060. The van der Waals surface area contributed by atoms with E-state index in [1.807, 2.05) is 30.3 Å². The smallest absolute Gasteiger partial charge is 0.342 e. The average Bonchev–Trinajstić information content (AvgIpc) is 3.34. The van der Waals surface area contributed by atoms with Crippen LogP contribution in [0.2, 0.25) is 0 Å². The molecule has 0 aliphatic heterocycles. The summed E-state index contributed by atoms with van der Waals surface area (Å²) in [6.45, 7) is -0.0974. The van der Waals surface area contributed by atoms with Gasteiger partial charge in [-0.05, 0) is 24.3 Å². The summed E-state index contributed by atoms with van der Waals surface area (Å²) in [4.78, 5) is 20.8. The topological polar surface area (TPSA) is 95.9 Å². The highest BCUT2D eigenvalue weighted by Gasteiger charge is 2.19. The Hall–Kier alpha value is -3.81. The first-order valence-electron chi connectivity index (χ1n) is 8.20. The lowest BCUT2D eigenvalue weighted by Gasteiger charge is -2.02. The van der Waals surface area contributed by atoms with Crippen LogP contribution in [0.1, 0.15) is 16.2 Å². The fourth-order valence-electron chi connectivity index (χ4n) is 2.58. The minimum Gasteiger partial charge on any atom is -0.454 e. The van der Waals surface area contributed by atoms with Crippen LogP contribution in [0.15, 0.2) is 65.6 Å². The molecule has 4 aromatic rings. The maximum atomic E-state index is 12.5. The summed E-state index contributed by atoms with van der Waals surface area (Å²) in [5.41, 5.74) is 2.47. The van der Waals surface area contributed by atoms with Crippen molar-refractivity contribution in [1.29, 1.82) is 0 Å². The number of hydrogen-bond acceptors (Lipinski definition) is 7. The van der Waals surface area contributed by atoms with E-state index in [-0.39, 0.29) is 12.4 Å². The minimum atomic E-state index is -0.513. The highest BCUT2D eigenvalue weighted by Crippen LogP contribution is 2.22. The van der Waals surface area contributed by atoms with Gasteiger partial charge in [0.05, 0.1) is 0 Å². The lowest BCUT2D eigenvalue weighted by atomic mass is 10.1. The Morgan fingerprint density at radius 2 is 1.89 bits per heavy atom. The van der Waals surface area contributed by atoms with Crippen LogP contribution in [0.4, 0.5) is 0 Å². The summed E-state index contributed by atoms with van der Waals surface area (Å²) in [6.07, 6.45) is 4.90. The third kappa shape index (κ3) is 3.59. The summed E-state index contributed by atoms with van der Waals surface area (Å²) in [6, 6.07) is 12.9. The maximum absolute atomic E-state index is 12.5. The second-order valence-electron chi connectivity index (χ2n) is 5.76. The summed E-state index contributed by atoms with van der Waals surface area (Å²) in [5.74, 6) is 0.151. The maximum Gasteiger partial charge on any atom is 0.342 e. The number of aryl methyl sites for hydroxylation is 1. The zero-order valence-corrected chi connectivity index (χ0v) is 14.4. The molecule has 0 saturated heterocycles. The Labute approximate surface area is 154 Å². The van der Waals surface area contributed by atoms with Crippen molar-refractivity contribution in [3.63, 3.8) is 0 Å². The summed E-state index contributed by atoms with van der Waals surface area (Å²) in [7, 11) is 1.74. The van der Waals surface area contributed by atoms with Crippen LogP contribution in [-0.2, 0) is 18.4 Å². The number of pyridine rings is 1. The van der Waals surface area contributed by atoms with E-state index < -0.39 is 5.97 Å². The molecule has 27 heavy (non-hydrogen) atoms. The number of ether oxygens (including phenoxy) is 1. The number of nitrogens with zero attached hydrogens (tertiary/aromatic N) is 5. The quantitative estimate of drug-likeness (QED) is 0.504. The highest BCUT2D eigenvalue weighted by molar-refractivity contribution is 5.95. The van der Waals surface area contributed by atoms with E-state index in [0.717, 1.165) is 11.1 Å². The average molecular weight is 361 g/mol. The molecular formula is C19H15N5O3. The van der Waals surface area contributed by atoms with Crippen molar-refractivity contribution < 1.29 is 14.1 Å². The van der Waals surface area contributed by atoms with Gasteiger partial charge in [-0.25, -0.2) is 4.79 Å². The second kappa shape index (κ2) is 7.20. The van der Waals surface area contributed by atoms with E-state index in [2.05, 4.69) is 20.2 Å². The van der Waals surface area contributed by atoms with Gasteiger partial charge in [-0.3, -0.25) is 9.67 Å². The normalized spacial score (nSPS) is 10.7. The van der Waals surface area contributed by atoms with Crippen LogP contribution in [0.3, 0.4) is 0 Å². The summed E-state index contributed by atoms with van der Waals surface area (Å²) in [5, 5.41) is 8.19. The largest absolute Gasteiger partial charge is 0.454 e. The molecule has 134 valence electrons. The van der Waals surface area contributed by atoms with Crippen LogP contribution < -0.4 is 0 Å². The zero-order valence-electron chi connectivity index (χ0n) is 14.4. The van der Waals surface area contributed by atoms with Gasteiger partial charge in [0.15, 0.2) is 6.61 Å². The molecule has 0 radical (unpaired) electrons. The Kier molecular flexibility index (Phi) is 4.44. The van der Waals surface area contributed by atoms with Crippen molar-refractivity contribution in [2.75, 3.05) is 0 Å². The lowest BCUT2D eigenvalue weighted by molar-refractivity contribution is 0.0460. The van der Waals surface area contributed by atoms with Gasteiger partial charge in [0.25, 0.3) is 5.89 Å². The van der Waals surface area contributed by atoms with Gasteiger partial charge >= 0.3 is 5.97 Å². The molecule has 0 unspecified atom stereocenters. The molecular weight excluding hydrogens is 346 g/mol. The number of aromatic nitrogens is 5. The molecule has 0 aliphatic carbocycles. The number of hydrogen-bond donors (Lipinski definition) is 0. The van der Waals surface area contributed by atoms with Crippen LogP contribution in [0.25, 0.3) is 22.7 Å². The molecule has 3 heterocycles. The third-order valence-electron chi connectivity index (χ3n) is 3.82. The Balaban J connectivity index is 1.49. The SMILES string of the molecule is Cn1cc(C(=O)OCc2noc(-c3ccccc3)n2)c(-c2ccncc2)n1. The predicted octanol–water partition coefficient (Wildman–Crippen LogP) is 2.89. The summed E-state index contributed by atoms with van der Waals surface area (Å²) < 4.78 is 12.1. The molecule has 8 heteroatoms. The standard InChI is InChI=1S/C19H15N5O3/c1-24-11-15(17(22-24)13-7-9-20-10-8-13)19(25)26-12-16-21-18(27-23-16)14-5-3-2-4-6-14/h2-11H,12H2,1H3. The monoisotopic (exact) mass is 361 g/mol. The first kappa shape index (κ1) is 16.6. The van der Waals surface area contributed by atoms with Gasteiger partial charge in [-0.2, -0.15) is 10.1 Å². The van der Waals surface area contributed by atoms with Crippen molar-refractivity contribution in [3.8, 4) is 22.7 Å². The fraction of sp³-hybridized carbons (Fsp3) is 0.105. The van der Waals surface area contributed by atoms with Crippen LogP contribution >= 0.6 is 0 Å². The van der Waals surface area contributed by atoms with E-state index in [1.165, 1.54) is 0 Å². The molecule has 0 N–H and O–H groups in total. The van der Waals surface area contributed by atoms with Gasteiger partial charge < -0.3 is 9.26 Å². The van der Waals surface area contributed by atoms with E-state index in [9.17, 15) is 4.79 Å². The minimum absolute atomic E-state index is 0.0974. The lowest BCUT2D eigenvalue weighted by Crippen LogP contribution is -2.06. The predicted molar refractivity (Wildman–Crippen MR) is 95.3 cm³/mol. The van der Waals surface area contributed by atoms with Gasteiger partial charge in [0.2, 0.25) is 5.82 Å². The molecule has 0 saturated carbocycles. The molecule has 0 bridgehead atoms. The van der Waals surface area contributed by atoms with E-state index in [0.29, 0.717) is 17.1 Å². The van der Waals surface area contributed by atoms with Gasteiger partial charge in [-0.1, -0.05) is 23.4 Å². The Morgan fingerprint density at radius 3 is 2.67 bits per heavy atom. The van der Waals surface area contributed by atoms with Gasteiger partial charge in [-0.15, -0.1) is 0 Å². The molecule has 0 amide bonds. The number of carbonyl (C=O) groups excluding carboxylic acids is 1. The van der Waals surface area contributed by atoms with Crippen molar-refractivity contribution in [1.82, 2.24) is 24.9 Å². The van der Waals surface area contributed by atoms with Crippen LogP contribution in [0, 0.1) is 0 Å². The molecule has 4 rings (SSSR count). The highest BCUT2D eigenvalue weighted by atomic mass is 16.5. The molecule has 8 nitrogen and oxygen atoms in total. The molecule has 0 fully saturated rings. The molecule has 0 atom stereocenters. The fourth-order valence-corrected chi connectivity index (χ4v) is 2.58. The van der Waals surface area contributed by atoms with Crippen LogP contribution in [-0.4, -0.2) is 30.9 Å². The second-order valence-corrected chi connectivity index (χ2v) is 5.76. The molecule has 0 spiro atoms. The number of benzene rings is 1. The molecule has 1 aromatic carbocycles. The van der Waals surface area contributed by atoms with E-state index >= 15 is 0 Å². The molecule has 0 aliphatic rings. The number of carbonyl (C=O) groups is 1. The first-order valence-corrected chi connectivity index (χ1v) is 8.20.